The second-order valence-corrected chi connectivity index (χ2v) is 3.95. The van der Waals surface area contributed by atoms with Crippen molar-refractivity contribution in [1.82, 2.24) is 0 Å². The lowest BCUT2D eigenvalue weighted by atomic mass is 9.87. The maximum absolute atomic E-state index is 10.9. The molecular formula is C10H12OS. The van der Waals surface area contributed by atoms with Gasteiger partial charge in [0.25, 0.3) is 0 Å². The zero-order valence-corrected chi connectivity index (χ0v) is 7.93. The van der Waals surface area contributed by atoms with Gasteiger partial charge in [-0.15, -0.1) is 17.9 Å². The average molecular weight is 180 g/mol. The molecule has 12 heavy (non-hydrogen) atoms. The van der Waals surface area contributed by atoms with Crippen LogP contribution in [0.15, 0.2) is 30.2 Å². The predicted octanol–water partition coefficient (Wildman–Crippen LogP) is 2.78. The molecule has 1 rings (SSSR count). The van der Waals surface area contributed by atoms with Crippen LogP contribution in [0.3, 0.4) is 0 Å². The van der Waals surface area contributed by atoms with Crippen molar-refractivity contribution in [3.8, 4) is 0 Å². The number of carbonyl (C=O) groups excluding carboxylic acids is 1. The second-order valence-electron chi connectivity index (χ2n) is 3.01. The van der Waals surface area contributed by atoms with Gasteiger partial charge in [-0.3, -0.25) is 0 Å². The summed E-state index contributed by atoms with van der Waals surface area (Å²) in [7, 11) is 0. The predicted molar refractivity (Wildman–Crippen MR) is 52.5 cm³/mol. The smallest absolute Gasteiger partial charge is 0.131 e. The minimum atomic E-state index is -0.365. The van der Waals surface area contributed by atoms with Gasteiger partial charge in [-0.05, 0) is 24.8 Å². The molecule has 0 radical (unpaired) electrons. The summed E-state index contributed by atoms with van der Waals surface area (Å²) in [6, 6.07) is 3.95. The van der Waals surface area contributed by atoms with Crippen LogP contribution in [0.2, 0.25) is 0 Å². The molecular weight excluding hydrogens is 168 g/mol. The minimum absolute atomic E-state index is 0.365. The lowest BCUT2D eigenvalue weighted by Gasteiger charge is -2.18. The van der Waals surface area contributed by atoms with Crippen molar-refractivity contribution in [2.75, 3.05) is 0 Å². The number of aldehydes is 1. The molecule has 0 aliphatic rings. The van der Waals surface area contributed by atoms with E-state index in [4.69, 9.17) is 0 Å². The van der Waals surface area contributed by atoms with Gasteiger partial charge in [-0.2, -0.15) is 0 Å². The first-order valence-electron chi connectivity index (χ1n) is 3.84. The molecule has 1 heterocycles. The van der Waals surface area contributed by atoms with Gasteiger partial charge in [0.1, 0.15) is 6.29 Å². The Morgan fingerprint density at radius 1 is 1.75 bits per heavy atom. The summed E-state index contributed by atoms with van der Waals surface area (Å²) in [5, 5.41) is 1.99. The van der Waals surface area contributed by atoms with Gasteiger partial charge >= 0.3 is 0 Å². The summed E-state index contributed by atoms with van der Waals surface area (Å²) in [6.07, 6.45) is 3.49. The molecule has 0 bridgehead atoms. The Morgan fingerprint density at radius 3 is 2.92 bits per heavy atom. The molecule has 0 saturated heterocycles. The van der Waals surface area contributed by atoms with Gasteiger partial charge in [0, 0.05) is 4.88 Å². The zero-order chi connectivity index (χ0) is 9.03. The van der Waals surface area contributed by atoms with Crippen LogP contribution in [-0.2, 0) is 10.2 Å². The van der Waals surface area contributed by atoms with Crippen LogP contribution in [0.25, 0.3) is 0 Å². The maximum atomic E-state index is 10.9. The van der Waals surface area contributed by atoms with E-state index in [0.717, 1.165) is 11.2 Å². The molecule has 0 N–H and O–H groups in total. The van der Waals surface area contributed by atoms with Crippen molar-refractivity contribution in [2.24, 2.45) is 0 Å². The molecule has 0 aromatic carbocycles. The van der Waals surface area contributed by atoms with Crippen molar-refractivity contribution in [3.63, 3.8) is 0 Å². The molecule has 0 saturated carbocycles. The fourth-order valence-corrected chi connectivity index (χ4v) is 1.97. The second kappa shape index (κ2) is 3.68. The van der Waals surface area contributed by atoms with E-state index in [1.165, 1.54) is 0 Å². The van der Waals surface area contributed by atoms with E-state index in [1.54, 1.807) is 17.4 Å². The van der Waals surface area contributed by atoms with Crippen LogP contribution in [-0.4, -0.2) is 6.29 Å². The highest BCUT2D eigenvalue weighted by molar-refractivity contribution is 7.10. The number of hydrogen-bond acceptors (Lipinski definition) is 2. The largest absolute Gasteiger partial charge is 0.302 e. The van der Waals surface area contributed by atoms with Crippen molar-refractivity contribution < 1.29 is 4.79 Å². The summed E-state index contributed by atoms with van der Waals surface area (Å²) >= 11 is 1.62. The fraction of sp³-hybridized carbons (Fsp3) is 0.300. The first-order valence-corrected chi connectivity index (χ1v) is 4.72. The molecule has 0 aliphatic carbocycles. The lowest BCUT2D eigenvalue weighted by Crippen LogP contribution is -2.21. The topological polar surface area (TPSA) is 17.1 Å². The number of carbonyl (C=O) groups is 1. The quantitative estimate of drug-likeness (QED) is 0.514. The van der Waals surface area contributed by atoms with E-state index in [0.29, 0.717) is 6.42 Å². The van der Waals surface area contributed by atoms with E-state index in [-0.39, 0.29) is 5.41 Å². The third-order valence-electron chi connectivity index (χ3n) is 1.91. The molecule has 1 atom stereocenters. The molecule has 1 nitrogen and oxygen atoms in total. The van der Waals surface area contributed by atoms with E-state index in [2.05, 4.69) is 6.58 Å². The van der Waals surface area contributed by atoms with Gasteiger partial charge in [0.05, 0.1) is 5.41 Å². The van der Waals surface area contributed by atoms with Crippen LogP contribution < -0.4 is 0 Å². The van der Waals surface area contributed by atoms with Gasteiger partial charge in [0.15, 0.2) is 0 Å². The minimum Gasteiger partial charge on any atom is -0.302 e. The van der Waals surface area contributed by atoms with Gasteiger partial charge in [0.2, 0.25) is 0 Å². The normalized spacial score (nSPS) is 15.1. The molecule has 0 fully saturated rings. The number of thiophene rings is 1. The zero-order valence-electron chi connectivity index (χ0n) is 7.12. The Balaban J connectivity index is 2.94. The number of hydrogen-bond donors (Lipinski definition) is 0. The van der Waals surface area contributed by atoms with E-state index < -0.39 is 0 Å². The monoisotopic (exact) mass is 180 g/mol. The Morgan fingerprint density at radius 2 is 2.50 bits per heavy atom. The van der Waals surface area contributed by atoms with Crippen LogP contribution >= 0.6 is 11.3 Å². The van der Waals surface area contributed by atoms with Gasteiger partial charge < -0.3 is 4.79 Å². The summed E-state index contributed by atoms with van der Waals surface area (Å²) in [6.45, 7) is 5.59. The number of allylic oxidation sites excluding steroid dienone is 1. The van der Waals surface area contributed by atoms with E-state index in [1.807, 2.05) is 24.4 Å². The van der Waals surface area contributed by atoms with Crippen molar-refractivity contribution in [3.05, 3.63) is 35.0 Å². The molecule has 0 unspecified atom stereocenters. The summed E-state index contributed by atoms with van der Waals surface area (Å²) in [4.78, 5) is 12.0. The summed E-state index contributed by atoms with van der Waals surface area (Å²) < 4.78 is 0. The standard InChI is InChI=1S/C10H12OS/c1-3-6-10(2,8-11)9-5-4-7-12-9/h3-5,7-8H,1,6H2,2H3/t10-/m0/s1. The first-order chi connectivity index (χ1) is 5.73. The molecule has 2 heteroatoms. The third-order valence-corrected chi connectivity index (χ3v) is 3.06. The Hall–Kier alpha value is -0.890. The van der Waals surface area contributed by atoms with Gasteiger partial charge in [-0.25, -0.2) is 0 Å². The highest BCUT2D eigenvalue weighted by Gasteiger charge is 2.25. The van der Waals surface area contributed by atoms with Gasteiger partial charge in [-0.1, -0.05) is 12.1 Å². The van der Waals surface area contributed by atoms with Crippen molar-refractivity contribution in [2.45, 2.75) is 18.8 Å². The van der Waals surface area contributed by atoms with Crippen LogP contribution in [0.5, 0.6) is 0 Å². The maximum Gasteiger partial charge on any atom is 0.131 e. The van der Waals surface area contributed by atoms with Crippen LogP contribution in [0.4, 0.5) is 0 Å². The molecule has 1 aromatic rings. The Kier molecular flexibility index (Phi) is 2.82. The molecule has 1 aromatic heterocycles. The highest BCUT2D eigenvalue weighted by Crippen LogP contribution is 2.29. The first kappa shape index (κ1) is 9.20. The molecule has 0 amide bonds. The highest BCUT2D eigenvalue weighted by atomic mass is 32.1. The fourth-order valence-electron chi connectivity index (χ4n) is 1.11. The lowest BCUT2D eigenvalue weighted by molar-refractivity contribution is -0.111. The SMILES string of the molecule is C=CC[C@@](C)(C=O)c1cccs1. The molecule has 0 spiro atoms. The molecule has 0 aliphatic heterocycles. The third kappa shape index (κ3) is 1.64. The Bertz CT molecular complexity index is 263. The van der Waals surface area contributed by atoms with Crippen LogP contribution in [0.1, 0.15) is 18.2 Å². The van der Waals surface area contributed by atoms with Crippen molar-refractivity contribution in [1.29, 1.82) is 0 Å². The average Bonchev–Trinajstić information content (AvgIpc) is 2.57. The van der Waals surface area contributed by atoms with Crippen LogP contribution in [0, 0.1) is 0 Å². The summed E-state index contributed by atoms with van der Waals surface area (Å²) in [5.74, 6) is 0. The summed E-state index contributed by atoms with van der Waals surface area (Å²) in [5.41, 5.74) is -0.365. The van der Waals surface area contributed by atoms with Crippen molar-refractivity contribution >= 4 is 17.6 Å². The molecule has 64 valence electrons. The van der Waals surface area contributed by atoms with E-state index >= 15 is 0 Å². The Labute approximate surface area is 76.7 Å². The number of rotatable bonds is 4. The van der Waals surface area contributed by atoms with E-state index in [9.17, 15) is 4.79 Å².